The number of ketones is 2. The number of oxazole rings is 1. The summed E-state index contributed by atoms with van der Waals surface area (Å²) in [6.45, 7) is 0. The van der Waals surface area contributed by atoms with Gasteiger partial charge in [-0.3, -0.25) is 9.59 Å². The van der Waals surface area contributed by atoms with E-state index in [1.54, 1.807) is 42.5 Å². The number of carbonyl (C=O) groups is 2. The maximum absolute atomic E-state index is 12.5. The van der Waals surface area contributed by atoms with Crippen molar-refractivity contribution in [3.63, 3.8) is 0 Å². The lowest BCUT2D eigenvalue weighted by atomic mass is 9.91. The van der Waals surface area contributed by atoms with Crippen molar-refractivity contribution in [2.75, 3.05) is 0 Å². The zero-order valence-electron chi connectivity index (χ0n) is 11.5. The molecule has 0 saturated carbocycles. The number of aromatic nitrogens is 1. The van der Waals surface area contributed by atoms with Crippen molar-refractivity contribution in [3.8, 4) is 11.5 Å². The molecule has 1 heterocycles. The quantitative estimate of drug-likeness (QED) is 0.513. The Balaban J connectivity index is 1.90. The number of nitrogens with zero attached hydrogens (tertiary/aromatic N) is 1. The molecule has 2 aromatic carbocycles. The van der Waals surface area contributed by atoms with Crippen LogP contribution >= 0.6 is 23.2 Å². The lowest BCUT2D eigenvalue weighted by Crippen LogP contribution is -2.19. The summed E-state index contributed by atoms with van der Waals surface area (Å²) in [4.78, 5) is 29.2. The Morgan fingerprint density at radius 3 is 2.26 bits per heavy atom. The van der Waals surface area contributed by atoms with Gasteiger partial charge in [0, 0.05) is 16.1 Å². The molecule has 4 rings (SSSR count). The zero-order valence-corrected chi connectivity index (χ0v) is 13.0. The van der Waals surface area contributed by atoms with Crippen LogP contribution in [0.1, 0.15) is 32.2 Å². The third-order valence-electron chi connectivity index (χ3n) is 3.63. The molecule has 0 amide bonds. The normalized spacial score (nSPS) is 13.0. The van der Waals surface area contributed by atoms with Crippen LogP contribution in [0, 0.1) is 0 Å². The number of hydrogen-bond acceptors (Lipinski definition) is 4. The van der Waals surface area contributed by atoms with Crippen molar-refractivity contribution in [3.05, 3.63) is 75.1 Å². The maximum Gasteiger partial charge on any atom is 0.231 e. The second-order valence-electron chi connectivity index (χ2n) is 5.02. The van der Waals surface area contributed by atoms with Crippen LogP contribution in [0.15, 0.2) is 46.9 Å². The zero-order chi connectivity index (χ0) is 16.1. The molecule has 0 bridgehead atoms. The first-order chi connectivity index (χ1) is 11.1. The summed E-state index contributed by atoms with van der Waals surface area (Å²) in [7, 11) is 0. The Bertz CT molecular complexity index is 939. The van der Waals surface area contributed by atoms with E-state index in [1.165, 1.54) is 0 Å². The monoisotopic (exact) mass is 343 g/mol. The summed E-state index contributed by atoms with van der Waals surface area (Å²) in [6.07, 6.45) is 0. The van der Waals surface area contributed by atoms with E-state index in [0.29, 0.717) is 26.7 Å². The molecule has 3 aromatic rings. The average molecular weight is 344 g/mol. The number of carbonyl (C=O) groups excluding carboxylic acids is 2. The molecule has 0 unspecified atom stereocenters. The van der Waals surface area contributed by atoms with E-state index in [1.807, 2.05) is 0 Å². The first-order valence-electron chi connectivity index (χ1n) is 6.71. The van der Waals surface area contributed by atoms with Gasteiger partial charge in [-0.2, -0.15) is 0 Å². The fourth-order valence-corrected chi connectivity index (χ4v) is 3.02. The number of benzene rings is 2. The van der Waals surface area contributed by atoms with Gasteiger partial charge in [0.05, 0.1) is 10.6 Å². The molecule has 0 aliphatic heterocycles. The van der Waals surface area contributed by atoms with E-state index in [0.717, 1.165) is 0 Å². The fourth-order valence-electron chi connectivity index (χ4n) is 2.54. The van der Waals surface area contributed by atoms with Gasteiger partial charge in [0.25, 0.3) is 0 Å². The van der Waals surface area contributed by atoms with Crippen LogP contribution in [-0.2, 0) is 0 Å². The highest BCUT2D eigenvalue weighted by atomic mass is 35.5. The van der Waals surface area contributed by atoms with Crippen LogP contribution in [0.4, 0.5) is 0 Å². The summed E-state index contributed by atoms with van der Waals surface area (Å²) in [5, 5.41) is 0.795. The SMILES string of the molecule is O=C1c2ccccc2C(=O)c2oc(-c3ccc(Cl)cc3Cl)nc21. The largest absolute Gasteiger partial charge is 0.432 e. The predicted octanol–water partition coefficient (Wildman–Crippen LogP) is 4.42. The first kappa shape index (κ1) is 14.2. The minimum Gasteiger partial charge on any atom is -0.432 e. The van der Waals surface area contributed by atoms with E-state index in [9.17, 15) is 9.59 Å². The van der Waals surface area contributed by atoms with E-state index >= 15 is 0 Å². The van der Waals surface area contributed by atoms with Gasteiger partial charge >= 0.3 is 0 Å². The van der Waals surface area contributed by atoms with E-state index in [-0.39, 0.29) is 28.9 Å². The summed E-state index contributed by atoms with van der Waals surface area (Å²) in [5.74, 6) is -0.643. The molecular formula is C17H7Cl2NO3. The van der Waals surface area contributed by atoms with Crippen LogP contribution in [-0.4, -0.2) is 16.6 Å². The highest BCUT2D eigenvalue weighted by molar-refractivity contribution is 6.36. The molecule has 0 saturated heterocycles. The molecule has 0 fully saturated rings. The summed E-state index contributed by atoms with van der Waals surface area (Å²) in [5.41, 5.74) is 1.12. The highest BCUT2D eigenvalue weighted by Gasteiger charge is 2.35. The molecule has 112 valence electrons. The Morgan fingerprint density at radius 2 is 1.57 bits per heavy atom. The van der Waals surface area contributed by atoms with E-state index < -0.39 is 0 Å². The van der Waals surface area contributed by atoms with Gasteiger partial charge in [0.15, 0.2) is 5.69 Å². The molecule has 0 atom stereocenters. The van der Waals surface area contributed by atoms with Crippen molar-refractivity contribution in [2.24, 2.45) is 0 Å². The van der Waals surface area contributed by atoms with Crippen LogP contribution < -0.4 is 0 Å². The van der Waals surface area contributed by atoms with Gasteiger partial charge < -0.3 is 4.42 Å². The van der Waals surface area contributed by atoms with Gasteiger partial charge in [0.1, 0.15) is 0 Å². The lowest BCUT2D eigenvalue weighted by molar-refractivity contribution is 0.0959. The van der Waals surface area contributed by atoms with Gasteiger partial charge in [-0.05, 0) is 18.2 Å². The minimum absolute atomic E-state index is 0.00900. The van der Waals surface area contributed by atoms with Gasteiger partial charge in [-0.1, -0.05) is 47.5 Å². The molecule has 4 nitrogen and oxygen atoms in total. The van der Waals surface area contributed by atoms with Gasteiger partial charge in [-0.15, -0.1) is 0 Å². The molecule has 1 aliphatic carbocycles. The molecule has 6 heteroatoms. The van der Waals surface area contributed by atoms with Gasteiger partial charge in [0.2, 0.25) is 23.2 Å². The second-order valence-corrected chi connectivity index (χ2v) is 5.87. The van der Waals surface area contributed by atoms with E-state index in [2.05, 4.69) is 4.98 Å². The topological polar surface area (TPSA) is 60.2 Å². The lowest BCUT2D eigenvalue weighted by Gasteiger charge is -2.10. The summed E-state index contributed by atoms with van der Waals surface area (Å²) < 4.78 is 5.54. The number of rotatable bonds is 1. The third kappa shape index (κ3) is 2.11. The second kappa shape index (κ2) is 5.05. The Kier molecular flexibility index (Phi) is 3.11. The fraction of sp³-hybridized carbons (Fsp3) is 0. The van der Waals surface area contributed by atoms with Crippen molar-refractivity contribution in [1.82, 2.24) is 4.98 Å². The predicted molar refractivity (Wildman–Crippen MR) is 85.3 cm³/mol. The number of fused-ring (bicyclic) bond motifs is 2. The van der Waals surface area contributed by atoms with Crippen LogP contribution in [0.25, 0.3) is 11.5 Å². The maximum atomic E-state index is 12.5. The third-order valence-corrected chi connectivity index (χ3v) is 4.17. The smallest absolute Gasteiger partial charge is 0.231 e. The van der Waals surface area contributed by atoms with Crippen LogP contribution in [0.5, 0.6) is 0 Å². The van der Waals surface area contributed by atoms with Crippen molar-refractivity contribution < 1.29 is 14.0 Å². The summed E-state index contributed by atoms with van der Waals surface area (Å²) >= 11 is 12.0. The molecule has 1 aromatic heterocycles. The molecule has 0 N–H and O–H groups in total. The molecule has 1 aliphatic rings. The standard InChI is InChI=1S/C17H7Cl2NO3/c18-8-5-6-11(12(19)7-8)17-20-13-14(21)9-3-1-2-4-10(9)15(22)16(13)23-17/h1-7H. The van der Waals surface area contributed by atoms with Crippen molar-refractivity contribution in [2.45, 2.75) is 0 Å². The van der Waals surface area contributed by atoms with Gasteiger partial charge in [-0.25, -0.2) is 4.98 Å². The molecular weight excluding hydrogens is 337 g/mol. The number of halogens is 2. The van der Waals surface area contributed by atoms with Crippen molar-refractivity contribution >= 4 is 34.8 Å². The van der Waals surface area contributed by atoms with Crippen molar-refractivity contribution in [1.29, 1.82) is 0 Å². The Hall–Kier alpha value is -2.43. The molecule has 0 radical (unpaired) electrons. The van der Waals surface area contributed by atoms with E-state index in [4.69, 9.17) is 27.6 Å². The minimum atomic E-state index is -0.362. The summed E-state index contributed by atoms with van der Waals surface area (Å²) in [6, 6.07) is 11.4. The molecule has 0 spiro atoms. The first-order valence-corrected chi connectivity index (χ1v) is 7.46. The average Bonchev–Trinajstić information content (AvgIpc) is 2.98. The van der Waals surface area contributed by atoms with Crippen LogP contribution in [0.3, 0.4) is 0 Å². The molecule has 23 heavy (non-hydrogen) atoms. The highest BCUT2D eigenvalue weighted by Crippen LogP contribution is 2.34. The Morgan fingerprint density at radius 1 is 0.870 bits per heavy atom. The number of hydrogen-bond donors (Lipinski definition) is 0. The Labute approximate surface area is 140 Å². The van der Waals surface area contributed by atoms with Crippen LogP contribution in [0.2, 0.25) is 10.0 Å².